The molecule has 1 aromatic heterocycles. The monoisotopic (exact) mass is 389 g/mol. The van der Waals surface area contributed by atoms with Crippen LogP contribution in [0.4, 0.5) is 0 Å². The zero-order valence-corrected chi connectivity index (χ0v) is 17.8. The molecule has 2 aliphatic rings. The first-order valence-corrected chi connectivity index (χ1v) is 11.2. The summed E-state index contributed by atoms with van der Waals surface area (Å²) in [7, 11) is 1.86. The molecule has 6 nitrogen and oxygen atoms in total. The van der Waals surface area contributed by atoms with Crippen LogP contribution < -0.4 is 10.6 Å². The third-order valence-corrected chi connectivity index (χ3v) is 6.19. The first kappa shape index (κ1) is 21.2. The summed E-state index contributed by atoms with van der Waals surface area (Å²) in [5, 5.41) is 7.11. The van der Waals surface area contributed by atoms with Gasteiger partial charge < -0.3 is 20.0 Å². The summed E-state index contributed by atoms with van der Waals surface area (Å²) in [6.07, 6.45) is 9.51. The first-order chi connectivity index (χ1) is 13.8. The van der Waals surface area contributed by atoms with Crippen LogP contribution in [0.2, 0.25) is 0 Å². The van der Waals surface area contributed by atoms with Crippen molar-refractivity contribution in [2.75, 3.05) is 52.9 Å². The van der Waals surface area contributed by atoms with E-state index in [2.05, 4.69) is 38.4 Å². The lowest BCUT2D eigenvalue weighted by molar-refractivity contribution is 0.146. The Balaban J connectivity index is 1.45. The van der Waals surface area contributed by atoms with E-state index in [-0.39, 0.29) is 6.04 Å². The molecule has 0 spiro atoms. The smallest absolute Gasteiger partial charge is 0.191 e. The van der Waals surface area contributed by atoms with Gasteiger partial charge in [-0.05, 0) is 82.9 Å². The fourth-order valence-electron chi connectivity index (χ4n) is 4.51. The molecule has 2 N–H and O–H groups in total. The molecule has 3 heterocycles. The maximum atomic E-state index is 5.75. The molecular formula is C22H39N5O. The second-order valence-electron chi connectivity index (χ2n) is 8.25. The average Bonchev–Trinajstić information content (AvgIpc) is 3.27. The number of likely N-dealkylation sites (tertiary alicyclic amines) is 2. The summed E-state index contributed by atoms with van der Waals surface area (Å²) in [6.45, 7) is 10.1. The lowest BCUT2D eigenvalue weighted by Gasteiger charge is -2.34. The normalized spacial score (nSPS) is 21.6. The van der Waals surface area contributed by atoms with E-state index in [1.54, 1.807) is 6.26 Å². The highest BCUT2D eigenvalue weighted by atomic mass is 16.3. The van der Waals surface area contributed by atoms with Crippen molar-refractivity contribution >= 4 is 5.96 Å². The molecule has 0 amide bonds. The van der Waals surface area contributed by atoms with E-state index < -0.39 is 0 Å². The molecule has 0 aromatic carbocycles. The molecule has 1 atom stereocenters. The van der Waals surface area contributed by atoms with Crippen molar-refractivity contribution < 1.29 is 4.42 Å². The second-order valence-corrected chi connectivity index (χ2v) is 8.25. The number of rotatable bonds is 8. The highest BCUT2D eigenvalue weighted by Crippen LogP contribution is 2.24. The first-order valence-electron chi connectivity index (χ1n) is 11.2. The zero-order chi connectivity index (χ0) is 19.6. The Kier molecular flexibility index (Phi) is 8.68. The van der Waals surface area contributed by atoms with Gasteiger partial charge in [0.1, 0.15) is 5.76 Å². The number of aliphatic imine (C=N–C) groups is 1. The Hall–Kier alpha value is -1.53. The lowest BCUT2D eigenvalue weighted by atomic mass is 9.97. The number of hydrogen-bond acceptors (Lipinski definition) is 4. The van der Waals surface area contributed by atoms with Gasteiger partial charge in [0.2, 0.25) is 0 Å². The largest absolute Gasteiger partial charge is 0.468 e. The van der Waals surface area contributed by atoms with Crippen molar-refractivity contribution in [3.05, 3.63) is 24.2 Å². The van der Waals surface area contributed by atoms with Crippen LogP contribution in [0.15, 0.2) is 27.8 Å². The number of hydrogen-bond donors (Lipinski definition) is 2. The van der Waals surface area contributed by atoms with E-state index in [9.17, 15) is 0 Å². The van der Waals surface area contributed by atoms with Crippen LogP contribution in [0.25, 0.3) is 0 Å². The van der Waals surface area contributed by atoms with Crippen molar-refractivity contribution in [2.45, 2.75) is 51.5 Å². The number of guanidine groups is 1. The fraction of sp³-hybridized carbons (Fsp3) is 0.773. The number of furan rings is 1. The molecule has 1 unspecified atom stereocenters. The van der Waals surface area contributed by atoms with Gasteiger partial charge in [0, 0.05) is 20.1 Å². The molecule has 0 bridgehead atoms. The quantitative estimate of drug-likeness (QED) is 0.529. The van der Waals surface area contributed by atoms with Gasteiger partial charge in [0.15, 0.2) is 5.96 Å². The molecule has 2 aliphatic heterocycles. The van der Waals surface area contributed by atoms with Crippen LogP contribution in [-0.2, 0) is 0 Å². The second kappa shape index (κ2) is 11.5. The molecular weight excluding hydrogens is 350 g/mol. The average molecular weight is 390 g/mol. The predicted octanol–water partition coefficient (Wildman–Crippen LogP) is 3.09. The Morgan fingerprint density at radius 1 is 1.18 bits per heavy atom. The molecule has 0 aliphatic carbocycles. The van der Waals surface area contributed by atoms with Crippen LogP contribution in [0.3, 0.4) is 0 Å². The molecule has 0 saturated carbocycles. The summed E-state index contributed by atoms with van der Waals surface area (Å²) in [5.41, 5.74) is 0. The molecule has 158 valence electrons. The lowest BCUT2D eigenvalue weighted by Crippen LogP contribution is -2.46. The number of piperidine rings is 2. The summed E-state index contributed by atoms with van der Waals surface area (Å²) < 4.78 is 5.75. The van der Waals surface area contributed by atoms with Gasteiger partial charge in [-0.25, -0.2) is 0 Å². The van der Waals surface area contributed by atoms with Gasteiger partial charge in [-0.3, -0.25) is 9.89 Å². The maximum absolute atomic E-state index is 5.75. The highest BCUT2D eigenvalue weighted by Gasteiger charge is 2.25. The van der Waals surface area contributed by atoms with Crippen molar-refractivity contribution in [1.82, 2.24) is 20.4 Å². The topological polar surface area (TPSA) is 56.0 Å². The van der Waals surface area contributed by atoms with E-state index >= 15 is 0 Å². The molecule has 2 fully saturated rings. The zero-order valence-electron chi connectivity index (χ0n) is 17.8. The van der Waals surface area contributed by atoms with Crippen molar-refractivity contribution in [3.63, 3.8) is 0 Å². The standard InChI is InChI=1S/C22H39N5O/c1-3-11-26-14-9-19(10-15-26)17-24-22(23-2)25-18-20(21-8-7-16-28-21)27-12-5-4-6-13-27/h7-8,16,19-20H,3-6,9-15,17-18H2,1-2H3,(H2,23,24,25). The number of nitrogens with one attached hydrogen (secondary N) is 2. The molecule has 1 aromatic rings. The Morgan fingerprint density at radius 3 is 2.61 bits per heavy atom. The van der Waals surface area contributed by atoms with Crippen molar-refractivity contribution in [3.8, 4) is 0 Å². The minimum Gasteiger partial charge on any atom is -0.468 e. The maximum Gasteiger partial charge on any atom is 0.191 e. The van der Waals surface area contributed by atoms with Crippen molar-refractivity contribution in [2.24, 2.45) is 10.9 Å². The van der Waals surface area contributed by atoms with Gasteiger partial charge in [0.05, 0.1) is 12.3 Å². The van der Waals surface area contributed by atoms with Crippen LogP contribution >= 0.6 is 0 Å². The van der Waals surface area contributed by atoms with Gasteiger partial charge in [-0.2, -0.15) is 0 Å². The van der Waals surface area contributed by atoms with Crippen LogP contribution in [0, 0.1) is 5.92 Å². The third kappa shape index (κ3) is 6.24. The Morgan fingerprint density at radius 2 is 1.96 bits per heavy atom. The molecule has 0 radical (unpaired) electrons. The molecule has 2 saturated heterocycles. The summed E-state index contributed by atoms with van der Waals surface area (Å²) in [5.74, 6) is 2.70. The summed E-state index contributed by atoms with van der Waals surface area (Å²) in [4.78, 5) is 9.59. The number of nitrogens with zero attached hydrogens (tertiary/aromatic N) is 3. The van der Waals surface area contributed by atoms with Crippen molar-refractivity contribution in [1.29, 1.82) is 0 Å². The van der Waals surface area contributed by atoms with E-state index in [1.165, 1.54) is 58.2 Å². The van der Waals surface area contributed by atoms with E-state index in [0.29, 0.717) is 0 Å². The SMILES string of the molecule is CCCN1CCC(CNC(=NC)NCC(c2ccco2)N2CCCCC2)CC1. The van der Waals surface area contributed by atoms with Gasteiger partial charge in [0.25, 0.3) is 0 Å². The Bertz CT molecular complexity index is 559. The predicted molar refractivity (Wildman–Crippen MR) is 116 cm³/mol. The van der Waals surface area contributed by atoms with E-state index in [4.69, 9.17) is 4.42 Å². The summed E-state index contributed by atoms with van der Waals surface area (Å²) >= 11 is 0. The molecule has 28 heavy (non-hydrogen) atoms. The van der Waals surface area contributed by atoms with Gasteiger partial charge >= 0.3 is 0 Å². The molecule has 3 rings (SSSR count). The third-order valence-electron chi connectivity index (χ3n) is 6.19. The fourth-order valence-corrected chi connectivity index (χ4v) is 4.51. The molecule has 6 heteroatoms. The van der Waals surface area contributed by atoms with Gasteiger partial charge in [-0.15, -0.1) is 0 Å². The van der Waals surface area contributed by atoms with E-state index in [1.807, 2.05) is 13.1 Å². The van der Waals surface area contributed by atoms with Crippen LogP contribution in [-0.4, -0.2) is 68.6 Å². The summed E-state index contributed by atoms with van der Waals surface area (Å²) in [6, 6.07) is 4.36. The van der Waals surface area contributed by atoms with E-state index in [0.717, 1.165) is 43.8 Å². The van der Waals surface area contributed by atoms with Crippen LogP contribution in [0.1, 0.15) is 57.3 Å². The minimum atomic E-state index is 0.270. The Labute approximate surface area is 170 Å². The highest BCUT2D eigenvalue weighted by molar-refractivity contribution is 5.79. The van der Waals surface area contributed by atoms with Crippen LogP contribution in [0.5, 0.6) is 0 Å². The van der Waals surface area contributed by atoms with Gasteiger partial charge in [-0.1, -0.05) is 13.3 Å². The minimum absolute atomic E-state index is 0.270.